The first-order valence-corrected chi connectivity index (χ1v) is 11.2. The van der Waals surface area contributed by atoms with Crippen molar-refractivity contribution < 1.29 is 9.59 Å². The standard InChI is InChI=1S/C27H28N4O2/c1-2-13-30-14-15-31(26(32)17-22-5-3-11-28-18-22)20-25(27(30)33)16-21-7-9-23(10-8-21)24-6-4-12-29-19-24/h2-12,18-19,25H,1,13-17,20H2/t25-/m1/s1. The summed E-state index contributed by atoms with van der Waals surface area (Å²) in [5, 5.41) is 0. The molecule has 168 valence electrons. The number of benzene rings is 1. The normalized spacial score (nSPS) is 16.4. The third-order valence-electron chi connectivity index (χ3n) is 5.95. The van der Waals surface area contributed by atoms with E-state index < -0.39 is 0 Å². The second-order valence-electron chi connectivity index (χ2n) is 8.29. The van der Waals surface area contributed by atoms with E-state index in [-0.39, 0.29) is 24.2 Å². The van der Waals surface area contributed by atoms with Crippen LogP contribution in [0.1, 0.15) is 11.1 Å². The Kier molecular flexibility index (Phi) is 7.25. The first kappa shape index (κ1) is 22.4. The van der Waals surface area contributed by atoms with Crippen molar-refractivity contribution in [2.24, 2.45) is 5.92 Å². The third-order valence-corrected chi connectivity index (χ3v) is 5.95. The van der Waals surface area contributed by atoms with Crippen LogP contribution in [0.4, 0.5) is 0 Å². The van der Waals surface area contributed by atoms with Crippen LogP contribution in [0.3, 0.4) is 0 Å². The molecule has 1 aliphatic rings. The van der Waals surface area contributed by atoms with Gasteiger partial charge in [-0.05, 0) is 40.8 Å². The molecule has 1 atom stereocenters. The first-order valence-electron chi connectivity index (χ1n) is 11.2. The fourth-order valence-electron chi connectivity index (χ4n) is 4.20. The van der Waals surface area contributed by atoms with Crippen molar-refractivity contribution in [3.63, 3.8) is 0 Å². The smallest absolute Gasteiger partial charge is 0.228 e. The summed E-state index contributed by atoms with van der Waals surface area (Å²) >= 11 is 0. The predicted octanol–water partition coefficient (Wildman–Crippen LogP) is 3.40. The molecule has 0 bridgehead atoms. The molecule has 1 saturated heterocycles. The molecule has 3 heterocycles. The van der Waals surface area contributed by atoms with Gasteiger partial charge in [-0.1, -0.05) is 42.5 Å². The Bertz CT molecular complexity index is 1080. The Morgan fingerprint density at radius 3 is 2.39 bits per heavy atom. The van der Waals surface area contributed by atoms with Crippen LogP contribution < -0.4 is 0 Å². The number of carbonyl (C=O) groups excluding carboxylic acids is 2. The Labute approximate surface area is 194 Å². The van der Waals surface area contributed by atoms with E-state index in [1.165, 1.54) is 0 Å². The van der Waals surface area contributed by atoms with Gasteiger partial charge in [0.1, 0.15) is 0 Å². The summed E-state index contributed by atoms with van der Waals surface area (Å²) in [5.41, 5.74) is 4.09. The SMILES string of the molecule is C=CCN1CCN(C(=O)Cc2cccnc2)C[C@@H](Cc2ccc(-c3cccnc3)cc2)C1=O. The number of amides is 2. The van der Waals surface area contributed by atoms with Gasteiger partial charge >= 0.3 is 0 Å². The summed E-state index contributed by atoms with van der Waals surface area (Å²) in [6.45, 7) is 5.73. The molecule has 2 aromatic heterocycles. The lowest BCUT2D eigenvalue weighted by molar-refractivity contribution is -0.134. The fraction of sp³-hybridized carbons (Fsp3) is 0.259. The van der Waals surface area contributed by atoms with Crippen LogP contribution in [0.5, 0.6) is 0 Å². The predicted molar refractivity (Wildman–Crippen MR) is 128 cm³/mol. The lowest BCUT2D eigenvalue weighted by Gasteiger charge is -2.24. The zero-order valence-electron chi connectivity index (χ0n) is 18.6. The van der Waals surface area contributed by atoms with Gasteiger partial charge in [0.25, 0.3) is 0 Å². The molecule has 33 heavy (non-hydrogen) atoms. The lowest BCUT2D eigenvalue weighted by atomic mass is 9.95. The van der Waals surface area contributed by atoms with Gasteiger partial charge in [-0.3, -0.25) is 19.6 Å². The van der Waals surface area contributed by atoms with Crippen molar-refractivity contribution in [1.29, 1.82) is 0 Å². The Morgan fingerprint density at radius 1 is 0.970 bits per heavy atom. The molecule has 0 saturated carbocycles. The Balaban J connectivity index is 1.50. The number of hydrogen-bond acceptors (Lipinski definition) is 4. The molecule has 1 fully saturated rings. The third kappa shape index (κ3) is 5.71. The fourth-order valence-corrected chi connectivity index (χ4v) is 4.20. The zero-order chi connectivity index (χ0) is 23.0. The van der Waals surface area contributed by atoms with Crippen LogP contribution in [-0.4, -0.2) is 57.8 Å². The number of pyridine rings is 2. The number of hydrogen-bond donors (Lipinski definition) is 0. The van der Waals surface area contributed by atoms with Gasteiger partial charge in [-0.2, -0.15) is 0 Å². The first-order chi connectivity index (χ1) is 16.1. The highest BCUT2D eigenvalue weighted by atomic mass is 16.2. The molecule has 6 heteroatoms. The molecule has 0 N–H and O–H groups in total. The summed E-state index contributed by atoms with van der Waals surface area (Å²) in [6, 6.07) is 15.9. The van der Waals surface area contributed by atoms with Crippen LogP contribution in [0.25, 0.3) is 11.1 Å². The van der Waals surface area contributed by atoms with Gasteiger partial charge in [0.2, 0.25) is 11.8 Å². The topological polar surface area (TPSA) is 66.4 Å². The van der Waals surface area contributed by atoms with Gasteiger partial charge in [0, 0.05) is 51.0 Å². The van der Waals surface area contributed by atoms with Gasteiger partial charge in [0.15, 0.2) is 0 Å². The number of aromatic nitrogens is 2. The minimum absolute atomic E-state index is 0.0215. The van der Waals surface area contributed by atoms with Gasteiger partial charge < -0.3 is 9.80 Å². The van der Waals surface area contributed by atoms with Gasteiger partial charge in [-0.15, -0.1) is 6.58 Å². The maximum Gasteiger partial charge on any atom is 0.228 e. The van der Waals surface area contributed by atoms with Gasteiger partial charge in [0.05, 0.1) is 12.3 Å². The Hall–Kier alpha value is -3.80. The highest BCUT2D eigenvalue weighted by molar-refractivity contribution is 5.83. The van der Waals surface area contributed by atoms with E-state index in [9.17, 15) is 9.59 Å². The molecule has 0 radical (unpaired) electrons. The van der Waals surface area contributed by atoms with Crippen molar-refractivity contribution in [3.05, 3.63) is 97.1 Å². The second kappa shape index (κ2) is 10.7. The molecular weight excluding hydrogens is 412 g/mol. The average Bonchev–Trinajstić information content (AvgIpc) is 3.00. The van der Waals surface area contributed by atoms with E-state index >= 15 is 0 Å². The van der Waals surface area contributed by atoms with Crippen LogP contribution in [0.15, 0.2) is 86.0 Å². The number of rotatable bonds is 7. The van der Waals surface area contributed by atoms with Crippen LogP contribution in [-0.2, 0) is 22.4 Å². The van der Waals surface area contributed by atoms with Crippen molar-refractivity contribution in [2.45, 2.75) is 12.8 Å². The quantitative estimate of drug-likeness (QED) is 0.528. The number of nitrogens with zero attached hydrogens (tertiary/aromatic N) is 4. The summed E-state index contributed by atoms with van der Waals surface area (Å²) in [4.78, 5) is 38.2. The second-order valence-corrected chi connectivity index (χ2v) is 8.29. The van der Waals surface area contributed by atoms with E-state index in [1.807, 2.05) is 35.4 Å². The van der Waals surface area contributed by atoms with Crippen LogP contribution in [0.2, 0.25) is 0 Å². The molecule has 6 nitrogen and oxygen atoms in total. The largest absolute Gasteiger partial charge is 0.340 e. The van der Waals surface area contributed by atoms with Crippen molar-refractivity contribution >= 4 is 11.8 Å². The maximum absolute atomic E-state index is 13.3. The van der Waals surface area contributed by atoms with E-state index in [0.717, 1.165) is 22.3 Å². The van der Waals surface area contributed by atoms with E-state index in [4.69, 9.17) is 0 Å². The summed E-state index contributed by atoms with van der Waals surface area (Å²) in [7, 11) is 0. The number of carbonyl (C=O) groups is 2. The molecule has 1 aliphatic heterocycles. The van der Waals surface area contributed by atoms with E-state index in [2.05, 4.69) is 40.8 Å². The molecule has 1 aromatic carbocycles. The van der Waals surface area contributed by atoms with E-state index in [1.54, 1.807) is 29.6 Å². The average molecular weight is 441 g/mol. The Morgan fingerprint density at radius 2 is 1.73 bits per heavy atom. The van der Waals surface area contributed by atoms with Crippen LogP contribution >= 0.6 is 0 Å². The maximum atomic E-state index is 13.3. The van der Waals surface area contributed by atoms with Crippen molar-refractivity contribution in [1.82, 2.24) is 19.8 Å². The summed E-state index contributed by atoms with van der Waals surface area (Å²) in [5.74, 6) is -0.203. The molecular formula is C27H28N4O2. The van der Waals surface area contributed by atoms with Crippen molar-refractivity contribution in [2.75, 3.05) is 26.2 Å². The molecule has 0 unspecified atom stereocenters. The highest BCUT2D eigenvalue weighted by Crippen LogP contribution is 2.22. The minimum atomic E-state index is -0.297. The zero-order valence-corrected chi connectivity index (χ0v) is 18.6. The lowest BCUT2D eigenvalue weighted by Crippen LogP contribution is -2.38. The monoisotopic (exact) mass is 440 g/mol. The highest BCUT2D eigenvalue weighted by Gasteiger charge is 2.31. The molecule has 4 rings (SSSR count). The molecule has 0 spiro atoms. The van der Waals surface area contributed by atoms with Crippen LogP contribution in [0, 0.1) is 5.92 Å². The van der Waals surface area contributed by atoms with Crippen molar-refractivity contribution in [3.8, 4) is 11.1 Å². The van der Waals surface area contributed by atoms with Gasteiger partial charge in [-0.25, -0.2) is 0 Å². The molecule has 2 amide bonds. The molecule has 0 aliphatic carbocycles. The minimum Gasteiger partial charge on any atom is -0.340 e. The molecule has 3 aromatic rings. The summed E-state index contributed by atoms with van der Waals surface area (Å²) < 4.78 is 0. The van der Waals surface area contributed by atoms with E-state index in [0.29, 0.717) is 32.6 Å². The summed E-state index contributed by atoms with van der Waals surface area (Å²) in [6.07, 6.45) is 9.61.